The first kappa shape index (κ1) is 16.0. The summed E-state index contributed by atoms with van der Waals surface area (Å²) in [4.78, 5) is 16.5. The lowest BCUT2D eigenvalue weighted by Gasteiger charge is -2.24. The van der Waals surface area contributed by atoms with E-state index < -0.39 is 0 Å². The molecule has 1 aliphatic heterocycles. The molecular formula is C17H20ClN3O2. The Bertz CT molecular complexity index is 622. The minimum atomic E-state index is -0.00134. The van der Waals surface area contributed by atoms with Gasteiger partial charge in [0.25, 0.3) is 0 Å². The van der Waals surface area contributed by atoms with Gasteiger partial charge in [0.1, 0.15) is 0 Å². The number of rotatable bonds is 5. The van der Waals surface area contributed by atoms with Crippen molar-refractivity contribution >= 4 is 17.5 Å². The molecule has 0 unspecified atom stereocenters. The van der Waals surface area contributed by atoms with Gasteiger partial charge in [-0.15, -0.1) is 0 Å². The number of hydrogen-bond donors (Lipinski definition) is 1. The van der Waals surface area contributed by atoms with Gasteiger partial charge in [-0.2, -0.15) is 0 Å². The predicted octanol–water partition coefficient (Wildman–Crippen LogP) is 2.67. The maximum absolute atomic E-state index is 12.3. The number of halogens is 1. The number of ether oxygens (including phenoxy) is 1. The molecule has 0 spiro atoms. The molecule has 5 nitrogen and oxygen atoms in total. The maximum atomic E-state index is 12.3. The van der Waals surface area contributed by atoms with Crippen molar-refractivity contribution in [1.29, 1.82) is 0 Å². The van der Waals surface area contributed by atoms with Crippen LogP contribution < -0.4 is 5.32 Å². The molecule has 6 heteroatoms. The average Bonchev–Trinajstić information content (AvgIpc) is 3.11. The molecule has 2 heterocycles. The fourth-order valence-corrected chi connectivity index (χ4v) is 2.96. The average molecular weight is 334 g/mol. The minimum Gasteiger partial charge on any atom is -0.381 e. The Balaban J connectivity index is 1.69. The Morgan fingerprint density at radius 2 is 2.09 bits per heavy atom. The molecule has 0 aliphatic carbocycles. The monoisotopic (exact) mass is 333 g/mol. The number of aromatic nitrogens is 2. The highest BCUT2D eigenvalue weighted by atomic mass is 35.5. The minimum absolute atomic E-state index is 0.00134. The van der Waals surface area contributed by atoms with E-state index in [1.165, 1.54) is 0 Å². The molecule has 2 aromatic rings. The van der Waals surface area contributed by atoms with Crippen LogP contribution in [0.4, 0.5) is 0 Å². The Morgan fingerprint density at radius 3 is 2.74 bits per heavy atom. The summed E-state index contributed by atoms with van der Waals surface area (Å²) in [6.45, 7) is 1.86. The van der Waals surface area contributed by atoms with E-state index in [-0.39, 0.29) is 17.9 Å². The number of imidazole rings is 1. The number of hydrogen-bond acceptors (Lipinski definition) is 3. The van der Waals surface area contributed by atoms with Gasteiger partial charge in [0, 0.05) is 43.1 Å². The van der Waals surface area contributed by atoms with Crippen LogP contribution in [0.2, 0.25) is 5.02 Å². The quantitative estimate of drug-likeness (QED) is 0.915. The van der Waals surface area contributed by atoms with Crippen LogP contribution in [-0.4, -0.2) is 35.2 Å². The number of benzene rings is 1. The highest BCUT2D eigenvalue weighted by molar-refractivity contribution is 6.30. The molecule has 122 valence electrons. The van der Waals surface area contributed by atoms with E-state index in [1.54, 1.807) is 12.5 Å². The van der Waals surface area contributed by atoms with E-state index in [0.717, 1.165) is 18.4 Å². The zero-order chi connectivity index (χ0) is 16.1. The molecule has 1 aliphatic rings. The zero-order valence-corrected chi connectivity index (χ0v) is 13.6. The van der Waals surface area contributed by atoms with Crippen molar-refractivity contribution in [3.63, 3.8) is 0 Å². The molecule has 1 aromatic carbocycles. The van der Waals surface area contributed by atoms with Crippen LogP contribution in [0.15, 0.2) is 43.0 Å². The van der Waals surface area contributed by atoms with E-state index in [0.29, 0.717) is 24.8 Å². The molecular weight excluding hydrogens is 314 g/mol. The Labute approximate surface area is 140 Å². The molecule has 0 bridgehead atoms. The van der Waals surface area contributed by atoms with Crippen molar-refractivity contribution < 1.29 is 9.53 Å². The van der Waals surface area contributed by atoms with Crippen LogP contribution in [-0.2, 0) is 9.53 Å². The van der Waals surface area contributed by atoms with Gasteiger partial charge in [-0.1, -0.05) is 23.7 Å². The van der Waals surface area contributed by atoms with Gasteiger partial charge in [0.2, 0.25) is 5.91 Å². The first-order valence-electron chi connectivity index (χ1n) is 7.82. The fourth-order valence-electron chi connectivity index (χ4n) is 2.84. The molecule has 0 radical (unpaired) electrons. The van der Waals surface area contributed by atoms with Crippen molar-refractivity contribution in [3.8, 4) is 0 Å². The lowest BCUT2D eigenvalue weighted by Crippen LogP contribution is -2.37. The molecule has 1 N–H and O–H groups in total. The molecule has 1 saturated heterocycles. The van der Waals surface area contributed by atoms with Crippen molar-refractivity contribution in [2.45, 2.75) is 18.9 Å². The van der Waals surface area contributed by atoms with Crippen LogP contribution >= 0.6 is 11.6 Å². The van der Waals surface area contributed by atoms with Gasteiger partial charge in [0.05, 0.1) is 12.4 Å². The second-order valence-electron chi connectivity index (χ2n) is 5.71. The Morgan fingerprint density at radius 1 is 1.35 bits per heavy atom. The van der Waals surface area contributed by atoms with Crippen LogP contribution in [0, 0.1) is 5.92 Å². The highest BCUT2D eigenvalue weighted by Gasteiger charge is 2.23. The van der Waals surface area contributed by atoms with Crippen molar-refractivity contribution in [3.05, 3.63) is 53.6 Å². The van der Waals surface area contributed by atoms with Gasteiger partial charge >= 0.3 is 0 Å². The Kier molecular flexibility index (Phi) is 5.31. The van der Waals surface area contributed by atoms with Gasteiger partial charge in [0.15, 0.2) is 0 Å². The summed E-state index contributed by atoms with van der Waals surface area (Å²) in [5.41, 5.74) is 1.08. The van der Waals surface area contributed by atoms with Crippen molar-refractivity contribution in [2.24, 2.45) is 5.92 Å². The lowest BCUT2D eigenvalue weighted by atomic mass is 9.99. The molecule has 3 rings (SSSR count). The number of carbonyl (C=O) groups is 1. The van der Waals surface area contributed by atoms with Crippen LogP contribution in [0.3, 0.4) is 0 Å². The normalized spacial score (nSPS) is 16.9. The SMILES string of the molecule is O=C(NC[C@@H](c1ccc(Cl)cc1)n1ccnc1)C1CCOCC1. The third-order valence-electron chi connectivity index (χ3n) is 4.20. The molecule has 1 fully saturated rings. The summed E-state index contributed by atoms with van der Waals surface area (Å²) in [7, 11) is 0. The summed E-state index contributed by atoms with van der Waals surface area (Å²) in [5.74, 6) is 0.157. The van der Waals surface area contributed by atoms with E-state index in [4.69, 9.17) is 16.3 Å². The first-order valence-corrected chi connectivity index (χ1v) is 8.20. The largest absolute Gasteiger partial charge is 0.381 e. The highest BCUT2D eigenvalue weighted by Crippen LogP contribution is 2.21. The van der Waals surface area contributed by atoms with Gasteiger partial charge < -0.3 is 14.6 Å². The second-order valence-corrected chi connectivity index (χ2v) is 6.15. The fraction of sp³-hybridized carbons (Fsp3) is 0.412. The van der Waals surface area contributed by atoms with Gasteiger partial charge in [-0.25, -0.2) is 4.98 Å². The van der Waals surface area contributed by atoms with E-state index in [9.17, 15) is 4.79 Å². The summed E-state index contributed by atoms with van der Waals surface area (Å²) in [5, 5.41) is 3.78. The first-order chi connectivity index (χ1) is 11.2. The van der Waals surface area contributed by atoms with Crippen LogP contribution in [0.5, 0.6) is 0 Å². The molecule has 0 saturated carbocycles. The number of amides is 1. The third-order valence-corrected chi connectivity index (χ3v) is 4.45. The lowest BCUT2D eigenvalue weighted by molar-refractivity contribution is -0.127. The van der Waals surface area contributed by atoms with Crippen LogP contribution in [0.25, 0.3) is 0 Å². The second kappa shape index (κ2) is 7.62. The topological polar surface area (TPSA) is 56.2 Å². The predicted molar refractivity (Wildman–Crippen MR) is 88.4 cm³/mol. The maximum Gasteiger partial charge on any atom is 0.223 e. The smallest absolute Gasteiger partial charge is 0.223 e. The van der Waals surface area contributed by atoms with Gasteiger partial charge in [-0.3, -0.25) is 4.79 Å². The summed E-state index contributed by atoms with van der Waals surface area (Å²) < 4.78 is 7.30. The summed E-state index contributed by atoms with van der Waals surface area (Å²) >= 11 is 5.97. The van der Waals surface area contributed by atoms with Crippen molar-refractivity contribution in [1.82, 2.24) is 14.9 Å². The third kappa shape index (κ3) is 4.12. The molecule has 1 amide bonds. The number of nitrogens with one attached hydrogen (secondary N) is 1. The molecule has 23 heavy (non-hydrogen) atoms. The zero-order valence-electron chi connectivity index (χ0n) is 12.8. The van der Waals surface area contributed by atoms with E-state index in [2.05, 4.69) is 10.3 Å². The summed E-state index contributed by atoms with van der Waals surface area (Å²) in [6, 6.07) is 7.68. The van der Waals surface area contributed by atoms with Crippen molar-refractivity contribution in [2.75, 3.05) is 19.8 Å². The van der Waals surface area contributed by atoms with E-state index >= 15 is 0 Å². The number of nitrogens with zero attached hydrogens (tertiary/aromatic N) is 2. The van der Waals surface area contributed by atoms with Gasteiger partial charge in [-0.05, 0) is 30.5 Å². The standard InChI is InChI=1S/C17H20ClN3O2/c18-15-3-1-13(2-4-15)16(21-8-7-19-12-21)11-20-17(22)14-5-9-23-10-6-14/h1-4,7-8,12,14,16H,5-6,9-11H2,(H,20,22)/t16-/m0/s1. The molecule has 1 aromatic heterocycles. The summed E-state index contributed by atoms with van der Waals surface area (Å²) in [6.07, 6.45) is 6.99. The van der Waals surface area contributed by atoms with Crippen LogP contribution in [0.1, 0.15) is 24.4 Å². The number of carbonyl (C=O) groups excluding carboxylic acids is 1. The Hall–Kier alpha value is -1.85. The van der Waals surface area contributed by atoms with E-state index in [1.807, 2.05) is 35.0 Å². The molecule has 1 atom stereocenters.